The zero-order valence-corrected chi connectivity index (χ0v) is 19.4. The van der Waals surface area contributed by atoms with Gasteiger partial charge in [0.1, 0.15) is 11.6 Å². The molecule has 2 N–H and O–H groups in total. The van der Waals surface area contributed by atoms with Gasteiger partial charge in [0, 0.05) is 23.2 Å². The molecule has 0 saturated heterocycles. The third kappa shape index (κ3) is 5.69. The summed E-state index contributed by atoms with van der Waals surface area (Å²) in [5.41, 5.74) is -1.71. The van der Waals surface area contributed by atoms with Crippen LogP contribution in [0, 0.1) is 11.2 Å². The van der Waals surface area contributed by atoms with E-state index in [1.165, 1.54) is 12.1 Å². The second-order valence-electron chi connectivity index (χ2n) is 9.19. The van der Waals surface area contributed by atoms with E-state index in [2.05, 4.69) is 15.6 Å². The fraction of sp³-hybridized carbons (Fsp3) is 0.458. The van der Waals surface area contributed by atoms with Gasteiger partial charge in [-0.2, -0.15) is 13.2 Å². The van der Waals surface area contributed by atoms with Gasteiger partial charge in [-0.25, -0.2) is 4.39 Å². The van der Waals surface area contributed by atoms with Crippen LogP contribution in [0.5, 0.6) is 5.75 Å². The third-order valence-electron chi connectivity index (χ3n) is 6.97. The summed E-state index contributed by atoms with van der Waals surface area (Å²) in [7, 11) is 0. The second kappa shape index (κ2) is 9.64. The van der Waals surface area contributed by atoms with Gasteiger partial charge >= 0.3 is 6.18 Å². The third-order valence-corrected chi connectivity index (χ3v) is 7.27. The van der Waals surface area contributed by atoms with Crippen LogP contribution in [0.15, 0.2) is 36.5 Å². The molecular formula is C24H24ClF4N3O3. The van der Waals surface area contributed by atoms with Gasteiger partial charge in [-0.1, -0.05) is 11.6 Å². The highest BCUT2D eigenvalue weighted by Crippen LogP contribution is 2.52. The maximum absolute atomic E-state index is 13.5. The van der Waals surface area contributed by atoms with Crippen molar-refractivity contribution in [2.24, 2.45) is 5.41 Å². The molecule has 1 heterocycles. The number of halogens is 5. The lowest BCUT2D eigenvalue weighted by atomic mass is 9.57. The van der Waals surface area contributed by atoms with E-state index in [1.807, 2.05) is 0 Å². The number of pyridine rings is 1. The average Bonchev–Trinajstić information content (AvgIpc) is 2.84. The standard InChI is InChI=1S/C24H24ClF4N3O3/c25-18-2-1-17(12-19(18)26)35-14-20(33)32-23-7-4-22(5-8-23,6-9-23)21(34)31-13-16-11-15(3-10-30-16)24(27,28)29/h1-3,10-12H,4-9,13-14H2,(H,31,34)(H,32,33). The predicted molar refractivity (Wildman–Crippen MR) is 119 cm³/mol. The zero-order chi connectivity index (χ0) is 25.3. The molecule has 0 atom stereocenters. The second-order valence-corrected chi connectivity index (χ2v) is 9.60. The SMILES string of the molecule is O=C(COc1ccc(Cl)c(F)c1)NC12CCC(C(=O)NCc3cc(C(F)(F)F)ccn3)(CC1)CC2. The van der Waals surface area contributed by atoms with E-state index in [9.17, 15) is 27.2 Å². The van der Waals surface area contributed by atoms with Gasteiger partial charge in [-0.15, -0.1) is 0 Å². The molecule has 0 aliphatic heterocycles. The number of hydrogen-bond acceptors (Lipinski definition) is 4. The largest absolute Gasteiger partial charge is 0.484 e. The monoisotopic (exact) mass is 513 g/mol. The highest BCUT2D eigenvalue weighted by atomic mass is 35.5. The maximum atomic E-state index is 13.5. The van der Waals surface area contributed by atoms with Crippen molar-refractivity contribution in [2.45, 2.75) is 56.8 Å². The zero-order valence-electron chi connectivity index (χ0n) is 18.7. The molecule has 11 heteroatoms. The van der Waals surface area contributed by atoms with Crippen LogP contribution in [0.3, 0.4) is 0 Å². The van der Waals surface area contributed by atoms with Crippen molar-refractivity contribution in [3.8, 4) is 5.75 Å². The first kappa shape index (κ1) is 25.2. The summed E-state index contributed by atoms with van der Waals surface area (Å²) in [6.45, 7) is -0.368. The maximum Gasteiger partial charge on any atom is 0.416 e. The first-order chi connectivity index (χ1) is 16.5. The van der Waals surface area contributed by atoms with Gasteiger partial charge in [-0.3, -0.25) is 14.6 Å². The Morgan fingerprint density at radius 1 is 1.06 bits per heavy atom. The van der Waals surface area contributed by atoms with Crippen LogP contribution in [0.2, 0.25) is 5.02 Å². The van der Waals surface area contributed by atoms with Crippen LogP contribution < -0.4 is 15.4 Å². The van der Waals surface area contributed by atoms with E-state index in [-0.39, 0.29) is 41.4 Å². The van der Waals surface area contributed by atoms with E-state index in [0.717, 1.165) is 24.4 Å². The Morgan fingerprint density at radius 3 is 2.37 bits per heavy atom. The van der Waals surface area contributed by atoms with Gasteiger partial charge in [0.2, 0.25) is 5.91 Å². The molecule has 3 saturated carbocycles. The molecule has 3 aliphatic carbocycles. The smallest absolute Gasteiger partial charge is 0.416 e. The molecule has 1 aromatic carbocycles. The average molecular weight is 514 g/mol. The molecule has 3 fully saturated rings. The van der Waals surface area contributed by atoms with Crippen molar-refractivity contribution in [3.63, 3.8) is 0 Å². The molecule has 1 aromatic heterocycles. The Kier molecular flexibility index (Phi) is 6.95. The molecule has 0 unspecified atom stereocenters. The first-order valence-corrected chi connectivity index (χ1v) is 11.6. The molecule has 2 aromatic rings. The Balaban J connectivity index is 1.28. The number of alkyl halides is 3. The number of fused-ring (bicyclic) bond motifs is 3. The highest BCUT2D eigenvalue weighted by molar-refractivity contribution is 6.30. The highest BCUT2D eigenvalue weighted by Gasteiger charge is 2.52. The van der Waals surface area contributed by atoms with Crippen LogP contribution in [-0.2, 0) is 22.3 Å². The van der Waals surface area contributed by atoms with Crippen LogP contribution in [0.25, 0.3) is 0 Å². The lowest BCUT2D eigenvalue weighted by molar-refractivity contribution is -0.140. The van der Waals surface area contributed by atoms with E-state index < -0.39 is 28.5 Å². The quantitative estimate of drug-likeness (QED) is 0.521. The van der Waals surface area contributed by atoms with Gasteiger partial charge in [0.05, 0.1) is 22.8 Å². The van der Waals surface area contributed by atoms with E-state index in [1.54, 1.807) is 0 Å². The lowest BCUT2D eigenvalue weighted by Gasteiger charge is -2.52. The molecule has 6 nitrogen and oxygen atoms in total. The minimum atomic E-state index is -4.48. The number of aromatic nitrogens is 1. The van der Waals surface area contributed by atoms with Crippen molar-refractivity contribution >= 4 is 23.4 Å². The van der Waals surface area contributed by atoms with Gasteiger partial charge in [0.25, 0.3) is 5.91 Å². The summed E-state index contributed by atoms with van der Waals surface area (Å²) in [6, 6.07) is 5.75. The number of carbonyl (C=O) groups is 2. The van der Waals surface area contributed by atoms with Gasteiger partial charge in [0.15, 0.2) is 6.61 Å². The molecule has 2 amide bonds. The number of carbonyl (C=O) groups excluding carboxylic acids is 2. The minimum Gasteiger partial charge on any atom is -0.484 e. The Bertz CT molecular complexity index is 1100. The predicted octanol–water partition coefficient (Wildman–Crippen LogP) is 4.80. The summed E-state index contributed by atoms with van der Waals surface area (Å²) in [5.74, 6) is -0.988. The Morgan fingerprint density at radius 2 is 1.74 bits per heavy atom. The van der Waals surface area contributed by atoms with E-state index in [0.29, 0.717) is 38.5 Å². The van der Waals surface area contributed by atoms with Crippen molar-refractivity contribution in [2.75, 3.05) is 6.61 Å². The summed E-state index contributed by atoms with van der Waals surface area (Å²) in [4.78, 5) is 29.3. The Hall–Kier alpha value is -2.88. The normalized spacial score (nSPS) is 23.6. The van der Waals surface area contributed by atoms with Crippen molar-refractivity contribution in [1.82, 2.24) is 15.6 Å². The molecule has 188 valence electrons. The fourth-order valence-corrected chi connectivity index (χ4v) is 4.99. The number of rotatable bonds is 7. The van der Waals surface area contributed by atoms with E-state index in [4.69, 9.17) is 16.3 Å². The molecule has 5 rings (SSSR count). The molecule has 3 aliphatic rings. The summed E-state index contributed by atoms with van der Waals surface area (Å²) < 4.78 is 57.6. The summed E-state index contributed by atoms with van der Waals surface area (Å²) in [5, 5.41) is 5.73. The van der Waals surface area contributed by atoms with Crippen LogP contribution in [0.4, 0.5) is 17.6 Å². The first-order valence-electron chi connectivity index (χ1n) is 11.2. The van der Waals surface area contributed by atoms with E-state index >= 15 is 0 Å². The molecule has 2 bridgehead atoms. The number of benzene rings is 1. The van der Waals surface area contributed by atoms with Crippen molar-refractivity contribution in [1.29, 1.82) is 0 Å². The molecule has 0 spiro atoms. The van der Waals surface area contributed by atoms with Crippen LogP contribution >= 0.6 is 11.6 Å². The van der Waals surface area contributed by atoms with Crippen LogP contribution in [0.1, 0.15) is 49.8 Å². The number of ether oxygens (including phenoxy) is 1. The number of nitrogens with zero attached hydrogens (tertiary/aromatic N) is 1. The van der Waals surface area contributed by atoms with Gasteiger partial charge < -0.3 is 15.4 Å². The lowest BCUT2D eigenvalue weighted by Crippen LogP contribution is -2.60. The number of amides is 2. The molecule has 35 heavy (non-hydrogen) atoms. The molecule has 0 radical (unpaired) electrons. The summed E-state index contributed by atoms with van der Waals surface area (Å²) >= 11 is 5.64. The van der Waals surface area contributed by atoms with Crippen LogP contribution in [-0.4, -0.2) is 28.9 Å². The minimum absolute atomic E-state index is 0.0382. The number of hydrogen-bond donors (Lipinski definition) is 2. The molecular weight excluding hydrogens is 490 g/mol. The van der Waals surface area contributed by atoms with Crippen molar-refractivity contribution in [3.05, 3.63) is 58.6 Å². The van der Waals surface area contributed by atoms with Crippen molar-refractivity contribution < 1.29 is 31.9 Å². The fourth-order valence-electron chi connectivity index (χ4n) is 4.87. The van der Waals surface area contributed by atoms with Gasteiger partial charge in [-0.05, 0) is 62.8 Å². The number of nitrogens with one attached hydrogen (secondary N) is 2. The Labute approximate surface area is 204 Å². The summed E-state index contributed by atoms with van der Waals surface area (Å²) in [6.07, 6.45) is 0.0662. The topological polar surface area (TPSA) is 80.3 Å².